The van der Waals surface area contributed by atoms with Gasteiger partial charge in [0.05, 0.1) is 12.9 Å². The largest absolute Gasteiger partial charge is 0.440 e. The van der Waals surface area contributed by atoms with Gasteiger partial charge in [0.2, 0.25) is 0 Å². The van der Waals surface area contributed by atoms with Crippen LogP contribution in [0.25, 0.3) is 0 Å². The van der Waals surface area contributed by atoms with E-state index in [1.807, 2.05) is 0 Å². The average Bonchev–Trinajstić information content (AvgIpc) is 1.90. The molecule has 1 radical (unpaired) electrons. The van der Waals surface area contributed by atoms with Crippen LogP contribution in [0.1, 0.15) is 0 Å². The Morgan fingerprint density at radius 1 is 1.75 bits per heavy atom. The van der Waals surface area contributed by atoms with Gasteiger partial charge in [-0.25, -0.2) is 0 Å². The average molecular weight is 115 g/mol. The molecule has 0 aliphatic carbocycles. The first-order valence-corrected chi connectivity index (χ1v) is 2.29. The van der Waals surface area contributed by atoms with Gasteiger partial charge in [0.15, 0.2) is 0 Å². The lowest BCUT2D eigenvalue weighted by Crippen LogP contribution is -2.10. The summed E-state index contributed by atoms with van der Waals surface area (Å²) < 4.78 is 14.1. The van der Waals surface area contributed by atoms with E-state index in [2.05, 4.69) is 4.74 Å². The van der Waals surface area contributed by atoms with Crippen LogP contribution >= 0.6 is 0 Å². The molecule has 3 heteroatoms. The molecular weight excluding hydrogens is 108 g/mol. The molecule has 1 rings (SSSR count). The van der Waals surface area contributed by atoms with Crippen LogP contribution < -0.4 is 0 Å². The zero-order valence-electron chi connectivity index (χ0n) is 4.59. The van der Waals surface area contributed by atoms with Gasteiger partial charge in [0.25, 0.3) is 0 Å². The molecule has 0 aromatic heterocycles. The van der Waals surface area contributed by atoms with Gasteiger partial charge < -0.3 is 14.2 Å². The normalized spacial score (nSPS) is 20.6. The second-order valence-corrected chi connectivity index (χ2v) is 1.25. The molecule has 0 aromatic rings. The van der Waals surface area contributed by atoms with E-state index in [1.54, 1.807) is 6.08 Å². The quantitative estimate of drug-likeness (QED) is 0.502. The van der Waals surface area contributed by atoms with Crippen molar-refractivity contribution in [3.05, 3.63) is 18.8 Å². The van der Waals surface area contributed by atoms with Crippen LogP contribution in [-0.2, 0) is 14.2 Å². The second-order valence-electron chi connectivity index (χ2n) is 1.25. The van der Waals surface area contributed by atoms with E-state index >= 15 is 0 Å². The first kappa shape index (κ1) is 5.59. The van der Waals surface area contributed by atoms with Crippen molar-refractivity contribution < 1.29 is 14.2 Å². The van der Waals surface area contributed by atoms with Crippen LogP contribution in [0.2, 0.25) is 0 Å². The molecule has 0 atom stereocenters. The van der Waals surface area contributed by atoms with Gasteiger partial charge in [-0.3, -0.25) is 0 Å². The molecule has 0 saturated carbocycles. The van der Waals surface area contributed by atoms with E-state index in [-0.39, 0.29) is 6.48 Å². The monoisotopic (exact) mass is 115 g/mol. The van der Waals surface area contributed by atoms with Gasteiger partial charge in [-0.05, 0) is 6.08 Å². The maximum Gasteiger partial charge on any atom is 0.427 e. The molecule has 0 unspecified atom stereocenters. The van der Waals surface area contributed by atoms with Crippen molar-refractivity contribution in [3.63, 3.8) is 0 Å². The molecule has 0 saturated heterocycles. The summed E-state index contributed by atoms with van der Waals surface area (Å²) in [5.74, 6) is 0. The molecule has 1 aliphatic rings. The Hall–Kier alpha value is -0.540. The SMILES string of the molecule is CO[C]1OC=CCO1. The van der Waals surface area contributed by atoms with Gasteiger partial charge in [-0.15, -0.1) is 0 Å². The summed E-state index contributed by atoms with van der Waals surface area (Å²) in [6.45, 7) is 0.746. The molecule has 1 aliphatic heterocycles. The molecule has 0 amide bonds. The highest BCUT2D eigenvalue weighted by Crippen LogP contribution is 2.09. The molecule has 3 nitrogen and oxygen atoms in total. The topological polar surface area (TPSA) is 27.7 Å². The van der Waals surface area contributed by atoms with Gasteiger partial charge in [0, 0.05) is 7.11 Å². The summed E-state index contributed by atoms with van der Waals surface area (Å²) in [7, 11) is 1.49. The van der Waals surface area contributed by atoms with Crippen LogP contribution in [0.3, 0.4) is 0 Å². The predicted molar refractivity (Wildman–Crippen MR) is 26.4 cm³/mol. The van der Waals surface area contributed by atoms with Crippen molar-refractivity contribution in [2.75, 3.05) is 13.7 Å². The maximum atomic E-state index is 4.81. The molecule has 0 spiro atoms. The lowest BCUT2D eigenvalue weighted by Gasteiger charge is -2.13. The summed E-state index contributed by atoms with van der Waals surface area (Å²) in [6, 6.07) is 0. The number of ether oxygens (including phenoxy) is 3. The number of hydrogen-bond acceptors (Lipinski definition) is 3. The van der Waals surface area contributed by atoms with Crippen LogP contribution in [0.4, 0.5) is 0 Å². The number of rotatable bonds is 1. The zero-order valence-corrected chi connectivity index (χ0v) is 4.59. The van der Waals surface area contributed by atoms with Gasteiger partial charge in [0.1, 0.15) is 0 Å². The predicted octanol–water partition coefficient (Wildman–Crippen LogP) is 0.640. The third-order valence-electron chi connectivity index (χ3n) is 0.725. The molecule has 0 bridgehead atoms. The first-order chi connectivity index (χ1) is 3.93. The second kappa shape index (κ2) is 2.69. The Labute approximate surface area is 47.8 Å². The fourth-order valence-electron chi connectivity index (χ4n) is 0.400. The van der Waals surface area contributed by atoms with E-state index in [0.29, 0.717) is 6.61 Å². The standard InChI is InChI=1S/C5H7O3/c1-6-5-7-3-2-4-8-5/h2-3H,4H2,1H3. The van der Waals surface area contributed by atoms with Gasteiger partial charge in [-0.2, -0.15) is 0 Å². The molecular formula is C5H7O3. The van der Waals surface area contributed by atoms with Gasteiger partial charge >= 0.3 is 6.48 Å². The minimum Gasteiger partial charge on any atom is -0.440 e. The Morgan fingerprint density at radius 3 is 3.00 bits per heavy atom. The Kier molecular flexibility index (Phi) is 1.88. The highest BCUT2D eigenvalue weighted by Gasteiger charge is 2.11. The highest BCUT2D eigenvalue weighted by atomic mass is 16.8. The van der Waals surface area contributed by atoms with Crippen LogP contribution in [0.15, 0.2) is 12.3 Å². The molecule has 8 heavy (non-hydrogen) atoms. The Bertz CT molecular complexity index is 89.7. The highest BCUT2D eigenvalue weighted by molar-refractivity contribution is 4.79. The zero-order chi connectivity index (χ0) is 5.82. The molecule has 0 N–H and O–H groups in total. The van der Waals surface area contributed by atoms with E-state index in [0.717, 1.165) is 0 Å². The van der Waals surface area contributed by atoms with E-state index in [1.165, 1.54) is 13.4 Å². The number of hydrogen-bond donors (Lipinski definition) is 0. The molecule has 45 valence electrons. The third-order valence-corrected chi connectivity index (χ3v) is 0.725. The Morgan fingerprint density at radius 2 is 2.62 bits per heavy atom. The van der Waals surface area contributed by atoms with Crippen molar-refractivity contribution in [3.8, 4) is 0 Å². The minimum atomic E-state index is 0.215. The molecule has 1 heterocycles. The summed E-state index contributed by atoms with van der Waals surface area (Å²) in [5, 5.41) is 0. The summed E-state index contributed by atoms with van der Waals surface area (Å²) in [4.78, 5) is 0. The van der Waals surface area contributed by atoms with Gasteiger partial charge in [-0.1, -0.05) is 0 Å². The van der Waals surface area contributed by atoms with Crippen LogP contribution in [0, 0.1) is 6.48 Å². The van der Waals surface area contributed by atoms with Crippen molar-refractivity contribution in [1.82, 2.24) is 0 Å². The first-order valence-electron chi connectivity index (χ1n) is 2.29. The van der Waals surface area contributed by atoms with Crippen molar-refractivity contribution in [2.45, 2.75) is 0 Å². The summed E-state index contributed by atoms with van der Waals surface area (Å²) in [5.41, 5.74) is 0. The van der Waals surface area contributed by atoms with Crippen molar-refractivity contribution >= 4 is 0 Å². The van der Waals surface area contributed by atoms with E-state index in [9.17, 15) is 0 Å². The van der Waals surface area contributed by atoms with Crippen LogP contribution in [0.5, 0.6) is 0 Å². The smallest absolute Gasteiger partial charge is 0.427 e. The molecule has 0 fully saturated rings. The molecule has 0 aromatic carbocycles. The fraction of sp³-hybridized carbons (Fsp3) is 0.400. The maximum absolute atomic E-state index is 4.81. The number of methoxy groups -OCH3 is 1. The van der Waals surface area contributed by atoms with E-state index < -0.39 is 0 Å². The Balaban J connectivity index is 2.27. The lowest BCUT2D eigenvalue weighted by atomic mass is 10.6. The fourth-order valence-corrected chi connectivity index (χ4v) is 0.400. The van der Waals surface area contributed by atoms with Crippen molar-refractivity contribution in [2.24, 2.45) is 0 Å². The third kappa shape index (κ3) is 1.21. The van der Waals surface area contributed by atoms with Crippen molar-refractivity contribution in [1.29, 1.82) is 0 Å². The lowest BCUT2D eigenvalue weighted by molar-refractivity contribution is -0.150. The van der Waals surface area contributed by atoms with E-state index in [4.69, 9.17) is 9.47 Å². The van der Waals surface area contributed by atoms with Crippen LogP contribution in [-0.4, -0.2) is 13.7 Å². The summed E-state index contributed by atoms with van der Waals surface area (Å²) >= 11 is 0. The minimum absolute atomic E-state index is 0.215. The summed E-state index contributed by atoms with van der Waals surface area (Å²) in [6.07, 6.45) is 3.28.